The van der Waals surface area contributed by atoms with Crippen molar-refractivity contribution < 1.29 is 22.7 Å². The molecule has 0 saturated carbocycles. The molecule has 1 aliphatic heterocycles. The molecule has 1 aromatic heterocycles. The predicted octanol–water partition coefficient (Wildman–Crippen LogP) is 5.84. The van der Waals surface area contributed by atoms with Gasteiger partial charge in [0.1, 0.15) is 34.6 Å². The van der Waals surface area contributed by atoms with E-state index in [1.165, 1.54) is 16.4 Å². The van der Waals surface area contributed by atoms with E-state index in [-0.39, 0.29) is 46.4 Å². The van der Waals surface area contributed by atoms with Crippen molar-refractivity contribution in [3.63, 3.8) is 0 Å². The van der Waals surface area contributed by atoms with E-state index in [4.69, 9.17) is 39.1 Å². The number of ether oxygens (including phenoxy) is 1. The van der Waals surface area contributed by atoms with Crippen LogP contribution in [0.5, 0.6) is 5.75 Å². The molecule has 0 aliphatic carbocycles. The van der Waals surface area contributed by atoms with E-state index in [1.807, 2.05) is 39.0 Å². The number of pyridine rings is 1. The van der Waals surface area contributed by atoms with E-state index in [9.17, 15) is 18.0 Å². The zero-order valence-corrected chi connectivity index (χ0v) is 30.5. The maximum atomic E-state index is 14.0. The molecule has 1 aliphatic rings. The maximum absolute atomic E-state index is 14.0. The van der Waals surface area contributed by atoms with E-state index in [0.717, 1.165) is 16.6 Å². The van der Waals surface area contributed by atoms with Gasteiger partial charge in [0.25, 0.3) is 5.91 Å². The minimum Gasteiger partial charge on any atom is -0.487 e. The van der Waals surface area contributed by atoms with Crippen molar-refractivity contribution in [1.82, 2.24) is 19.5 Å². The van der Waals surface area contributed by atoms with Gasteiger partial charge in [-0.15, -0.1) is 0 Å². The Morgan fingerprint density at radius 1 is 1.10 bits per heavy atom. The first kappa shape index (κ1) is 37.0. The average molecular weight is 740 g/mol. The number of aryl methyl sites for hydroxylation is 2. The van der Waals surface area contributed by atoms with Crippen LogP contribution in [0.3, 0.4) is 0 Å². The van der Waals surface area contributed by atoms with Crippen molar-refractivity contribution in [2.75, 3.05) is 26.2 Å². The molecule has 50 heavy (non-hydrogen) atoms. The number of carbonyl (C=O) groups excluding carboxylic acids is 2. The first-order valence-corrected chi connectivity index (χ1v) is 18.5. The molecule has 1 saturated heterocycles. The first-order valence-electron chi connectivity index (χ1n) is 16.3. The Morgan fingerprint density at radius 3 is 2.52 bits per heavy atom. The zero-order chi connectivity index (χ0) is 36.2. The van der Waals surface area contributed by atoms with Crippen LogP contribution in [0, 0.1) is 19.3 Å². The fourth-order valence-electron chi connectivity index (χ4n) is 6.12. The Hall–Kier alpha value is -4.23. The van der Waals surface area contributed by atoms with E-state index in [2.05, 4.69) is 10.3 Å². The first-order chi connectivity index (χ1) is 23.8. The molecule has 4 N–H and O–H groups in total. The summed E-state index contributed by atoms with van der Waals surface area (Å²) < 4.78 is 35.3. The second kappa shape index (κ2) is 15.8. The van der Waals surface area contributed by atoms with Crippen LogP contribution in [0.1, 0.15) is 58.9 Å². The van der Waals surface area contributed by atoms with Crippen LogP contribution in [0.2, 0.25) is 10.0 Å². The number of fused-ring (bicyclic) bond motifs is 1. The molecule has 0 bridgehead atoms. The highest BCUT2D eigenvalue weighted by molar-refractivity contribution is 7.89. The molecule has 2 amide bonds. The van der Waals surface area contributed by atoms with Gasteiger partial charge in [-0.1, -0.05) is 47.5 Å². The number of carbonyl (C=O) groups is 2. The molecule has 14 heteroatoms. The molecular weight excluding hydrogens is 699 g/mol. The van der Waals surface area contributed by atoms with Gasteiger partial charge < -0.3 is 20.7 Å². The summed E-state index contributed by atoms with van der Waals surface area (Å²) in [6, 6.07) is 16.0. The molecule has 1 fully saturated rings. The molecule has 0 radical (unpaired) electrons. The molecule has 11 nitrogen and oxygen atoms in total. The zero-order valence-electron chi connectivity index (χ0n) is 28.1. The summed E-state index contributed by atoms with van der Waals surface area (Å²) in [5.74, 6) is -0.151. The maximum Gasteiger partial charge on any atom is 0.253 e. The number of sulfonamides is 1. The number of hydrogen-bond donors (Lipinski definition) is 3. The Balaban J connectivity index is 1.23. The van der Waals surface area contributed by atoms with E-state index < -0.39 is 22.0 Å². The summed E-state index contributed by atoms with van der Waals surface area (Å²) in [4.78, 5) is 32.4. The molecule has 3 aromatic carbocycles. The van der Waals surface area contributed by atoms with Gasteiger partial charge in [-0.2, -0.15) is 4.31 Å². The molecule has 4 aromatic rings. The number of nitrogen functional groups attached to an aromatic ring is 1. The van der Waals surface area contributed by atoms with Crippen LogP contribution in [0.25, 0.3) is 10.9 Å². The van der Waals surface area contributed by atoms with E-state index in [1.54, 1.807) is 35.2 Å². The van der Waals surface area contributed by atoms with E-state index in [0.29, 0.717) is 60.3 Å². The summed E-state index contributed by atoms with van der Waals surface area (Å²) in [7, 11) is -4.19. The molecule has 264 valence electrons. The minimum atomic E-state index is -4.19. The van der Waals surface area contributed by atoms with Gasteiger partial charge in [0.05, 0.1) is 5.02 Å². The smallest absolute Gasteiger partial charge is 0.253 e. The molecule has 1 unspecified atom stereocenters. The second-order valence-electron chi connectivity index (χ2n) is 12.2. The van der Waals surface area contributed by atoms with Gasteiger partial charge in [-0.05, 0) is 82.0 Å². The van der Waals surface area contributed by atoms with Crippen LogP contribution < -0.4 is 15.8 Å². The van der Waals surface area contributed by atoms with Gasteiger partial charge in [-0.3, -0.25) is 15.0 Å². The van der Waals surface area contributed by atoms with E-state index >= 15 is 0 Å². The summed E-state index contributed by atoms with van der Waals surface area (Å²) >= 11 is 13.3. The normalized spacial score (nSPS) is 14.9. The summed E-state index contributed by atoms with van der Waals surface area (Å²) in [5.41, 5.74) is 9.39. The number of nitrogens with one attached hydrogen (secondary N) is 2. The van der Waals surface area contributed by atoms with Crippen molar-refractivity contribution >= 4 is 61.8 Å². The lowest BCUT2D eigenvalue weighted by atomic mass is 10.1. The Kier molecular flexibility index (Phi) is 11.7. The molecule has 1 atom stereocenters. The number of amidine groups is 1. The van der Waals surface area contributed by atoms with Gasteiger partial charge in [0, 0.05) is 59.0 Å². The number of amides is 2. The van der Waals surface area contributed by atoms with Crippen LogP contribution in [0.15, 0.2) is 65.6 Å². The van der Waals surface area contributed by atoms with Crippen LogP contribution in [-0.2, 0) is 21.4 Å². The summed E-state index contributed by atoms with van der Waals surface area (Å²) in [6.07, 6.45) is 1.33. The lowest BCUT2D eigenvalue weighted by molar-refractivity contribution is -0.124. The van der Waals surface area contributed by atoms with Crippen molar-refractivity contribution in [3.05, 3.63) is 98.7 Å². The third kappa shape index (κ3) is 7.88. The number of halogens is 2. The van der Waals surface area contributed by atoms with Gasteiger partial charge in [0.2, 0.25) is 15.9 Å². The highest BCUT2D eigenvalue weighted by atomic mass is 35.5. The number of para-hydroxylation sites is 1. The third-order valence-electron chi connectivity index (χ3n) is 8.77. The standard InChI is InChI=1S/C36H40Cl2N6O5S/c1-4-43(36(46)25-13-11-24(12-14-25)34(39)40)18-7-17-41-35(45)29-9-6-19-44(29)50(47,48)31-16-15-28(37)27(32(31)38)21-49-30-10-5-8-26-22(2)20-23(3)42-33(26)30/h5,8,10-16,20,29H,4,6-7,9,17-19,21H2,1-3H3,(H3,39,40)(H,41,45). The number of nitrogens with zero attached hydrogens (tertiary/aromatic N) is 3. The van der Waals surface area contributed by atoms with Crippen LogP contribution >= 0.6 is 23.2 Å². The molecule has 0 spiro atoms. The number of aromatic nitrogens is 1. The number of rotatable bonds is 13. The van der Waals surface area contributed by atoms with Crippen molar-refractivity contribution in [1.29, 1.82) is 5.41 Å². The average Bonchev–Trinajstić information content (AvgIpc) is 3.59. The lowest BCUT2D eigenvalue weighted by Crippen LogP contribution is -2.46. The van der Waals surface area contributed by atoms with Crippen molar-refractivity contribution in [2.45, 2.75) is 57.6 Å². The largest absolute Gasteiger partial charge is 0.487 e. The molecule has 5 rings (SSSR count). The molecule has 2 heterocycles. The Labute approximate surface area is 302 Å². The third-order valence-corrected chi connectivity index (χ3v) is 11.6. The number of nitrogens with two attached hydrogens (primary N) is 1. The fraction of sp³-hybridized carbons (Fsp3) is 0.333. The second-order valence-corrected chi connectivity index (χ2v) is 14.8. The summed E-state index contributed by atoms with van der Waals surface area (Å²) in [6.45, 7) is 6.92. The van der Waals surface area contributed by atoms with Crippen molar-refractivity contribution in [3.8, 4) is 5.75 Å². The number of benzene rings is 3. The molecular formula is C36H40Cl2N6O5S. The van der Waals surface area contributed by atoms with Gasteiger partial charge in [0.15, 0.2) is 0 Å². The SMILES string of the molecule is CCN(CCCNC(=O)C1CCCN1S(=O)(=O)c1ccc(Cl)c(COc2cccc3c(C)cc(C)nc23)c1Cl)C(=O)c1ccc(C(=N)N)cc1. The van der Waals surface area contributed by atoms with Crippen LogP contribution in [-0.4, -0.2) is 72.5 Å². The number of hydrogen-bond acceptors (Lipinski definition) is 7. The Morgan fingerprint density at radius 2 is 1.82 bits per heavy atom. The topological polar surface area (TPSA) is 159 Å². The predicted molar refractivity (Wildman–Crippen MR) is 196 cm³/mol. The highest BCUT2D eigenvalue weighted by Gasteiger charge is 2.40. The highest BCUT2D eigenvalue weighted by Crippen LogP contribution is 2.36. The lowest BCUT2D eigenvalue weighted by Gasteiger charge is -2.25. The Bertz CT molecular complexity index is 2040. The van der Waals surface area contributed by atoms with Gasteiger partial charge >= 0.3 is 0 Å². The summed E-state index contributed by atoms with van der Waals surface area (Å²) in [5, 5.41) is 11.5. The van der Waals surface area contributed by atoms with Gasteiger partial charge in [-0.25, -0.2) is 13.4 Å². The monoisotopic (exact) mass is 738 g/mol. The van der Waals surface area contributed by atoms with Crippen molar-refractivity contribution in [2.24, 2.45) is 5.73 Å². The quantitative estimate of drug-likeness (QED) is 0.0883. The fourth-order valence-corrected chi connectivity index (χ4v) is 8.64. The van der Waals surface area contributed by atoms with Crippen LogP contribution in [0.4, 0.5) is 0 Å². The minimum absolute atomic E-state index is 0.0654.